The van der Waals surface area contributed by atoms with Crippen molar-refractivity contribution in [1.29, 1.82) is 0 Å². The number of carbonyl (C=O) groups excluding carboxylic acids is 1. The summed E-state index contributed by atoms with van der Waals surface area (Å²) in [7, 11) is 0. The highest BCUT2D eigenvalue weighted by Crippen LogP contribution is 2.20. The van der Waals surface area contributed by atoms with E-state index in [1.54, 1.807) is 17.8 Å². The van der Waals surface area contributed by atoms with Crippen molar-refractivity contribution in [3.8, 4) is 0 Å². The zero-order chi connectivity index (χ0) is 14.5. The third kappa shape index (κ3) is 3.86. The molecule has 108 valence electrons. The van der Waals surface area contributed by atoms with Gasteiger partial charge in [0, 0.05) is 23.7 Å². The Balaban J connectivity index is 2.04. The number of hydrogen-bond acceptors (Lipinski definition) is 3. The fraction of sp³-hybridized carbons (Fsp3) is 0.385. The van der Waals surface area contributed by atoms with Gasteiger partial charge >= 0.3 is 12.0 Å². The molecule has 2 N–H and O–H groups in total. The molecular formula is C13H15FN2O3S. The highest BCUT2D eigenvalue weighted by atomic mass is 32.2. The largest absolute Gasteiger partial charge is 0.481 e. The average Bonchev–Trinajstić information content (AvgIpc) is 2.38. The number of nitrogens with zero attached hydrogens (tertiary/aromatic N) is 1. The molecule has 2 amide bonds. The molecule has 1 aromatic carbocycles. The van der Waals surface area contributed by atoms with E-state index < -0.39 is 11.8 Å². The minimum atomic E-state index is -0.930. The number of rotatable bonds is 3. The number of urea groups is 1. The lowest BCUT2D eigenvalue weighted by Crippen LogP contribution is -2.48. The molecule has 0 spiro atoms. The van der Waals surface area contributed by atoms with E-state index in [0.717, 1.165) is 5.75 Å². The van der Waals surface area contributed by atoms with Crippen molar-refractivity contribution in [2.75, 3.05) is 23.4 Å². The van der Waals surface area contributed by atoms with E-state index in [9.17, 15) is 14.0 Å². The van der Waals surface area contributed by atoms with Crippen LogP contribution in [0.25, 0.3) is 0 Å². The van der Waals surface area contributed by atoms with Gasteiger partial charge in [-0.2, -0.15) is 11.8 Å². The van der Waals surface area contributed by atoms with Gasteiger partial charge in [0.15, 0.2) is 0 Å². The number of thioether (sulfide) groups is 1. The van der Waals surface area contributed by atoms with Gasteiger partial charge in [-0.25, -0.2) is 9.18 Å². The average molecular weight is 298 g/mol. The van der Waals surface area contributed by atoms with E-state index >= 15 is 0 Å². The predicted octanol–water partition coefficient (Wildman–Crippen LogP) is 2.25. The Kier molecular flexibility index (Phi) is 4.84. The molecule has 1 saturated heterocycles. The third-order valence-corrected chi connectivity index (χ3v) is 4.07. The molecular weight excluding hydrogens is 283 g/mol. The lowest BCUT2D eigenvalue weighted by molar-refractivity contribution is -0.137. The summed E-state index contributed by atoms with van der Waals surface area (Å²) in [6, 6.07) is 4.89. The smallest absolute Gasteiger partial charge is 0.322 e. The summed E-state index contributed by atoms with van der Waals surface area (Å²) in [4.78, 5) is 24.5. The van der Waals surface area contributed by atoms with Gasteiger partial charge in [0.2, 0.25) is 0 Å². The van der Waals surface area contributed by atoms with Crippen molar-refractivity contribution in [2.24, 2.45) is 0 Å². The Labute approximate surface area is 120 Å². The van der Waals surface area contributed by atoms with Crippen LogP contribution in [-0.2, 0) is 4.79 Å². The van der Waals surface area contributed by atoms with E-state index in [2.05, 4.69) is 5.32 Å². The van der Waals surface area contributed by atoms with Crippen LogP contribution in [0.4, 0.5) is 14.9 Å². The first-order chi connectivity index (χ1) is 9.56. The fourth-order valence-corrected chi connectivity index (χ4v) is 3.12. The third-order valence-electron chi connectivity index (χ3n) is 2.97. The first-order valence-electron chi connectivity index (χ1n) is 6.19. The number of carbonyl (C=O) groups is 2. The quantitative estimate of drug-likeness (QED) is 0.898. The van der Waals surface area contributed by atoms with Crippen LogP contribution in [-0.4, -0.2) is 46.1 Å². The van der Waals surface area contributed by atoms with E-state index in [-0.39, 0.29) is 18.5 Å². The molecule has 0 aromatic heterocycles. The number of anilines is 1. The molecule has 1 aliphatic rings. The van der Waals surface area contributed by atoms with E-state index in [4.69, 9.17) is 5.11 Å². The topological polar surface area (TPSA) is 69.6 Å². The summed E-state index contributed by atoms with van der Waals surface area (Å²) in [6.07, 6.45) is -0.0798. The summed E-state index contributed by atoms with van der Waals surface area (Å²) >= 11 is 1.63. The number of amides is 2. The SMILES string of the molecule is O=C(O)CC1CSCCN1C(=O)Nc1cccc(F)c1. The van der Waals surface area contributed by atoms with Crippen molar-refractivity contribution in [2.45, 2.75) is 12.5 Å². The molecule has 1 atom stereocenters. The Morgan fingerprint density at radius 1 is 1.50 bits per heavy atom. The molecule has 0 radical (unpaired) electrons. The molecule has 20 heavy (non-hydrogen) atoms. The summed E-state index contributed by atoms with van der Waals surface area (Å²) in [5.74, 6) is 0.00962. The predicted molar refractivity (Wildman–Crippen MR) is 75.5 cm³/mol. The molecule has 0 bridgehead atoms. The van der Waals surface area contributed by atoms with E-state index in [1.807, 2.05) is 0 Å². The van der Waals surface area contributed by atoms with Crippen molar-refractivity contribution < 1.29 is 19.1 Å². The molecule has 1 aromatic rings. The Morgan fingerprint density at radius 2 is 2.30 bits per heavy atom. The van der Waals surface area contributed by atoms with E-state index in [1.165, 1.54) is 23.1 Å². The maximum atomic E-state index is 13.1. The van der Waals surface area contributed by atoms with Gasteiger partial charge in [0.1, 0.15) is 5.82 Å². The number of nitrogens with one attached hydrogen (secondary N) is 1. The maximum Gasteiger partial charge on any atom is 0.322 e. The highest BCUT2D eigenvalue weighted by molar-refractivity contribution is 7.99. The van der Waals surface area contributed by atoms with Gasteiger partial charge in [0.05, 0.1) is 12.5 Å². The van der Waals surface area contributed by atoms with Crippen LogP contribution in [0, 0.1) is 5.82 Å². The van der Waals surface area contributed by atoms with Crippen LogP contribution >= 0.6 is 11.8 Å². The summed E-state index contributed by atoms with van der Waals surface area (Å²) < 4.78 is 13.1. The van der Waals surface area contributed by atoms with Crippen LogP contribution in [0.3, 0.4) is 0 Å². The molecule has 1 fully saturated rings. The minimum absolute atomic E-state index is 0.0798. The van der Waals surface area contributed by atoms with Gasteiger partial charge in [-0.1, -0.05) is 6.07 Å². The molecule has 7 heteroatoms. The zero-order valence-corrected chi connectivity index (χ0v) is 11.5. The number of aliphatic carboxylic acids is 1. The van der Waals surface area contributed by atoms with Gasteiger partial charge in [-0.05, 0) is 18.2 Å². The Morgan fingerprint density at radius 3 is 3.00 bits per heavy atom. The summed E-state index contributed by atoms with van der Waals surface area (Å²) in [5.41, 5.74) is 0.363. The number of carboxylic acids is 1. The Bertz CT molecular complexity index is 512. The number of benzene rings is 1. The zero-order valence-electron chi connectivity index (χ0n) is 10.7. The van der Waals surface area contributed by atoms with Crippen LogP contribution < -0.4 is 5.32 Å². The van der Waals surface area contributed by atoms with Crippen LogP contribution in [0.2, 0.25) is 0 Å². The monoisotopic (exact) mass is 298 g/mol. The molecule has 0 aliphatic carbocycles. The van der Waals surface area contributed by atoms with Crippen LogP contribution in [0.1, 0.15) is 6.42 Å². The standard InChI is InChI=1S/C13H15FN2O3S/c14-9-2-1-3-10(6-9)15-13(19)16-4-5-20-8-11(16)7-12(17)18/h1-3,6,11H,4-5,7-8H2,(H,15,19)(H,17,18). The molecule has 0 saturated carbocycles. The van der Waals surface area contributed by atoms with Crippen LogP contribution in [0.15, 0.2) is 24.3 Å². The normalized spacial score (nSPS) is 18.6. The number of halogens is 1. The fourth-order valence-electron chi connectivity index (χ4n) is 2.05. The Hall–Kier alpha value is -1.76. The first-order valence-corrected chi connectivity index (χ1v) is 7.34. The van der Waals surface area contributed by atoms with Crippen molar-refractivity contribution in [3.63, 3.8) is 0 Å². The minimum Gasteiger partial charge on any atom is -0.481 e. The number of hydrogen-bond donors (Lipinski definition) is 2. The van der Waals surface area contributed by atoms with Crippen molar-refractivity contribution in [3.05, 3.63) is 30.1 Å². The maximum absolute atomic E-state index is 13.1. The van der Waals surface area contributed by atoms with Gasteiger partial charge in [-0.3, -0.25) is 4.79 Å². The molecule has 1 aliphatic heterocycles. The van der Waals surface area contributed by atoms with E-state index in [0.29, 0.717) is 18.0 Å². The molecule has 1 unspecified atom stereocenters. The van der Waals surface area contributed by atoms with Gasteiger partial charge in [0.25, 0.3) is 0 Å². The first kappa shape index (κ1) is 14.6. The number of carboxylic acid groups (broad SMARTS) is 1. The summed E-state index contributed by atoms with van der Waals surface area (Å²) in [6.45, 7) is 0.490. The second-order valence-corrected chi connectivity index (χ2v) is 5.61. The molecule has 1 heterocycles. The highest BCUT2D eigenvalue weighted by Gasteiger charge is 2.28. The van der Waals surface area contributed by atoms with Crippen LogP contribution in [0.5, 0.6) is 0 Å². The second kappa shape index (κ2) is 6.60. The summed E-state index contributed by atoms with van der Waals surface area (Å²) in [5, 5.41) is 11.5. The van der Waals surface area contributed by atoms with Crippen molar-refractivity contribution >= 4 is 29.4 Å². The van der Waals surface area contributed by atoms with Crippen molar-refractivity contribution in [1.82, 2.24) is 4.90 Å². The molecule has 2 rings (SSSR count). The van der Waals surface area contributed by atoms with Gasteiger partial charge in [-0.15, -0.1) is 0 Å². The second-order valence-electron chi connectivity index (χ2n) is 4.46. The lowest BCUT2D eigenvalue weighted by atomic mass is 10.2. The van der Waals surface area contributed by atoms with Gasteiger partial charge < -0.3 is 15.3 Å². The lowest BCUT2D eigenvalue weighted by Gasteiger charge is -2.34. The molecule has 5 nitrogen and oxygen atoms in total.